The first-order valence-electron chi connectivity index (χ1n) is 23.9. The maximum atomic E-state index is 12.6. The van der Waals surface area contributed by atoms with E-state index in [9.17, 15) is 14.3 Å². The van der Waals surface area contributed by atoms with Crippen molar-refractivity contribution < 1.29 is 32.8 Å². The van der Waals surface area contributed by atoms with Crippen molar-refractivity contribution in [3.05, 3.63) is 72.9 Å². The maximum absolute atomic E-state index is 12.6. The number of hydrogen-bond donors (Lipinski definition) is 2. The lowest BCUT2D eigenvalue weighted by molar-refractivity contribution is -0.154. The molecule has 0 aromatic rings. The van der Waals surface area contributed by atoms with Gasteiger partial charge < -0.3 is 20.1 Å². The van der Waals surface area contributed by atoms with Gasteiger partial charge >= 0.3 is 13.8 Å². The van der Waals surface area contributed by atoms with Crippen LogP contribution in [0, 0.1) is 0 Å². The van der Waals surface area contributed by atoms with Gasteiger partial charge in [-0.05, 0) is 83.5 Å². The van der Waals surface area contributed by atoms with Crippen LogP contribution in [-0.4, -0.2) is 49.9 Å². The van der Waals surface area contributed by atoms with Crippen LogP contribution >= 0.6 is 7.82 Å². The Balaban J connectivity index is 4.01. The highest BCUT2D eigenvalue weighted by Gasteiger charge is 2.25. The molecule has 3 N–H and O–H groups in total. The second-order valence-electron chi connectivity index (χ2n) is 15.6. The number of nitrogens with two attached hydrogens (primary N) is 1. The molecule has 0 heterocycles. The minimum atomic E-state index is -4.29. The Morgan fingerprint density at radius 3 is 1.42 bits per heavy atom. The molecule has 59 heavy (non-hydrogen) atoms. The van der Waals surface area contributed by atoms with E-state index in [1.54, 1.807) is 0 Å². The van der Waals surface area contributed by atoms with Crippen LogP contribution in [0.15, 0.2) is 72.9 Å². The summed E-state index contributed by atoms with van der Waals surface area (Å²) >= 11 is 0. The first-order valence-corrected chi connectivity index (χ1v) is 25.4. The third kappa shape index (κ3) is 46.9. The van der Waals surface area contributed by atoms with Gasteiger partial charge in [0.2, 0.25) is 0 Å². The predicted octanol–water partition coefficient (Wildman–Crippen LogP) is 14.7. The Bertz CT molecular complexity index is 1130. The summed E-state index contributed by atoms with van der Waals surface area (Å²) in [6, 6.07) is 0. The van der Waals surface area contributed by atoms with Gasteiger partial charge in [-0.25, -0.2) is 4.57 Å². The minimum absolute atomic E-state index is 0.0947. The smallest absolute Gasteiger partial charge is 0.457 e. The van der Waals surface area contributed by atoms with Crippen LogP contribution in [0.5, 0.6) is 0 Å². The minimum Gasteiger partial charge on any atom is -0.457 e. The molecule has 0 spiro atoms. The van der Waals surface area contributed by atoms with Crippen LogP contribution in [-0.2, 0) is 27.9 Å². The van der Waals surface area contributed by atoms with E-state index in [2.05, 4.69) is 86.8 Å². The van der Waals surface area contributed by atoms with E-state index in [4.69, 9.17) is 24.3 Å². The molecule has 0 aromatic carbocycles. The average molecular weight is 848 g/mol. The molecule has 8 nitrogen and oxygen atoms in total. The van der Waals surface area contributed by atoms with Gasteiger partial charge in [0.1, 0.15) is 6.10 Å². The Hall–Kier alpha value is -2.06. The third-order valence-corrected chi connectivity index (χ3v) is 10.8. The van der Waals surface area contributed by atoms with E-state index < -0.39 is 13.9 Å². The standard InChI is InChI=1S/C50H90NO7P/c1-3-5-7-9-11-13-15-17-19-21-23-24-25-26-28-30-32-34-36-38-40-42-45-55-47-49(48-57-59(53,54)56-46-44-51)58-50(52)43-41-39-37-35-33-31-29-27-22-20-18-16-14-12-10-8-6-4-2/h5,7,11,13-14,16-17,19-20,22-24,49H,3-4,6,8-10,12,15,18,21,25-48,51H2,1-2H3,(H,53,54)/b7-5-,13-11-,16-14-,19-17-,22-20-,24-23-. The molecule has 0 aliphatic heterocycles. The normalized spacial score (nSPS) is 14.0. The van der Waals surface area contributed by atoms with Crippen LogP contribution in [0.3, 0.4) is 0 Å². The zero-order valence-electron chi connectivity index (χ0n) is 38.0. The monoisotopic (exact) mass is 848 g/mol. The van der Waals surface area contributed by atoms with E-state index in [1.165, 1.54) is 109 Å². The zero-order valence-corrected chi connectivity index (χ0v) is 38.9. The molecular weight excluding hydrogens is 758 g/mol. The Morgan fingerprint density at radius 1 is 0.525 bits per heavy atom. The summed E-state index contributed by atoms with van der Waals surface area (Å²) in [6.45, 7) is 4.77. The fourth-order valence-electron chi connectivity index (χ4n) is 6.37. The number of carbonyl (C=O) groups is 1. The largest absolute Gasteiger partial charge is 0.472 e. The topological polar surface area (TPSA) is 117 Å². The second-order valence-corrected chi connectivity index (χ2v) is 17.0. The Morgan fingerprint density at radius 2 is 0.949 bits per heavy atom. The number of phosphoric ester groups is 1. The van der Waals surface area contributed by atoms with Crippen LogP contribution in [0.25, 0.3) is 0 Å². The molecular formula is C50H90NO7P. The highest BCUT2D eigenvalue weighted by molar-refractivity contribution is 7.47. The van der Waals surface area contributed by atoms with Crippen molar-refractivity contribution >= 4 is 13.8 Å². The quantitative estimate of drug-likeness (QED) is 0.0269. The van der Waals surface area contributed by atoms with E-state index >= 15 is 0 Å². The van der Waals surface area contributed by atoms with Gasteiger partial charge in [-0.3, -0.25) is 13.8 Å². The van der Waals surface area contributed by atoms with Gasteiger partial charge in [0, 0.05) is 19.6 Å². The van der Waals surface area contributed by atoms with Crippen molar-refractivity contribution in [2.45, 2.75) is 206 Å². The van der Waals surface area contributed by atoms with Crippen LogP contribution in [0.2, 0.25) is 0 Å². The molecule has 0 aromatic heterocycles. The lowest BCUT2D eigenvalue weighted by Gasteiger charge is -2.20. The Kier molecular flexibility index (Phi) is 45.4. The van der Waals surface area contributed by atoms with Gasteiger partial charge in [-0.15, -0.1) is 0 Å². The van der Waals surface area contributed by atoms with Crippen LogP contribution in [0.1, 0.15) is 200 Å². The van der Waals surface area contributed by atoms with Crippen molar-refractivity contribution in [3.63, 3.8) is 0 Å². The van der Waals surface area contributed by atoms with Gasteiger partial charge in [0.05, 0.1) is 19.8 Å². The molecule has 9 heteroatoms. The molecule has 0 aliphatic carbocycles. The van der Waals surface area contributed by atoms with E-state index in [1.807, 2.05) is 0 Å². The van der Waals surface area contributed by atoms with Gasteiger partial charge in [-0.2, -0.15) is 0 Å². The summed E-state index contributed by atoms with van der Waals surface area (Å²) in [4.78, 5) is 22.6. The maximum Gasteiger partial charge on any atom is 0.472 e. The summed E-state index contributed by atoms with van der Waals surface area (Å²) in [7, 11) is -4.29. The molecule has 342 valence electrons. The molecule has 0 aliphatic rings. The van der Waals surface area contributed by atoms with Crippen molar-refractivity contribution in [1.29, 1.82) is 0 Å². The number of allylic oxidation sites excluding steroid dienone is 12. The molecule has 0 saturated heterocycles. The molecule has 0 saturated carbocycles. The molecule has 2 unspecified atom stereocenters. The molecule has 0 radical (unpaired) electrons. The second kappa shape index (κ2) is 47.0. The van der Waals surface area contributed by atoms with Crippen molar-refractivity contribution in [2.24, 2.45) is 5.73 Å². The van der Waals surface area contributed by atoms with E-state index in [0.29, 0.717) is 13.0 Å². The summed E-state index contributed by atoms with van der Waals surface area (Å²) < 4.78 is 33.5. The van der Waals surface area contributed by atoms with E-state index in [0.717, 1.165) is 70.6 Å². The third-order valence-electron chi connectivity index (χ3n) is 9.86. The summed E-state index contributed by atoms with van der Waals surface area (Å²) in [5.41, 5.74) is 5.38. The average Bonchev–Trinajstić information content (AvgIpc) is 3.23. The van der Waals surface area contributed by atoms with Crippen LogP contribution < -0.4 is 5.73 Å². The number of unbranched alkanes of at least 4 members (excludes halogenated alkanes) is 20. The first-order chi connectivity index (χ1) is 28.9. The highest BCUT2D eigenvalue weighted by atomic mass is 31.2. The van der Waals surface area contributed by atoms with Gasteiger partial charge in [0.15, 0.2) is 0 Å². The van der Waals surface area contributed by atoms with Crippen LogP contribution in [0.4, 0.5) is 0 Å². The van der Waals surface area contributed by atoms with Crippen molar-refractivity contribution in [3.8, 4) is 0 Å². The number of esters is 1. The number of ether oxygens (including phenoxy) is 2. The number of phosphoric acid groups is 1. The summed E-state index contributed by atoms with van der Waals surface area (Å²) in [6.07, 6.45) is 59.2. The number of rotatable bonds is 45. The zero-order chi connectivity index (χ0) is 43.0. The van der Waals surface area contributed by atoms with Gasteiger partial charge in [0.25, 0.3) is 0 Å². The highest BCUT2D eigenvalue weighted by Crippen LogP contribution is 2.43. The molecule has 0 bridgehead atoms. The molecule has 0 rings (SSSR count). The van der Waals surface area contributed by atoms with Crippen molar-refractivity contribution in [2.75, 3.05) is 33.0 Å². The molecule has 2 atom stereocenters. The molecule has 0 fully saturated rings. The lowest BCUT2D eigenvalue weighted by Crippen LogP contribution is -2.28. The van der Waals surface area contributed by atoms with E-state index in [-0.39, 0.29) is 32.3 Å². The number of carbonyl (C=O) groups excluding carboxylic acids is 1. The fourth-order valence-corrected chi connectivity index (χ4v) is 7.14. The van der Waals surface area contributed by atoms with Crippen molar-refractivity contribution in [1.82, 2.24) is 0 Å². The lowest BCUT2D eigenvalue weighted by atomic mass is 10.1. The number of hydrogen-bond acceptors (Lipinski definition) is 7. The predicted molar refractivity (Wildman–Crippen MR) is 252 cm³/mol. The first kappa shape index (κ1) is 56.9. The summed E-state index contributed by atoms with van der Waals surface area (Å²) in [5, 5.41) is 0. The summed E-state index contributed by atoms with van der Waals surface area (Å²) in [5.74, 6) is -0.342. The Labute approximate surface area is 363 Å². The molecule has 0 amide bonds. The fraction of sp³-hybridized carbons (Fsp3) is 0.740. The SMILES string of the molecule is CC/C=C\C/C=C\C/C=C\C/C=C\CCCCCCCCCCCOCC(COP(=O)(O)OCCN)OC(=O)CCCCCCCCC/C=C\C/C=C\CCCCCC. The van der Waals surface area contributed by atoms with Gasteiger partial charge in [-0.1, -0.05) is 183 Å².